The van der Waals surface area contributed by atoms with Gasteiger partial charge in [0.25, 0.3) is 0 Å². The van der Waals surface area contributed by atoms with E-state index in [-0.39, 0.29) is 5.57 Å². The lowest BCUT2D eigenvalue weighted by atomic mass is 10.1. The predicted octanol–water partition coefficient (Wildman–Crippen LogP) is 2.13. The second kappa shape index (κ2) is 8.95. The molecule has 0 N–H and O–H groups in total. The zero-order chi connectivity index (χ0) is 16.5. The molecule has 120 valence electrons. The fraction of sp³-hybridized carbons (Fsp3) is 0.444. The number of piperazine rings is 1. The Morgan fingerprint density at radius 2 is 1.78 bits per heavy atom. The van der Waals surface area contributed by atoms with Crippen LogP contribution in [-0.2, 0) is 0 Å². The summed E-state index contributed by atoms with van der Waals surface area (Å²) in [5, 5.41) is 17.5. The van der Waals surface area contributed by atoms with Crippen molar-refractivity contribution in [1.29, 1.82) is 10.5 Å². The van der Waals surface area contributed by atoms with Crippen LogP contribution in [0.3, 0.4) is 0 Å². The smallest absolute Gasteiger partial charge is 0.130 e. The molecule has 0 unspecified atom stereocenters. The van der Waals surface area contributed by atoms with Gasteiger partial charge in [-0.3, -0.25) is 0 Å². The molecule has 1 aromatic rings. The number of likely N-dealkylation sites (N-methyl/N-ethyl adjacent to an activating group) is 1. The Morgan fingerprint density at radius 1 is 1.13 bits per heavy atom. The van der Waals surface area contributed by atoms with Crippen LogP contribution in [0.4, 0.5) is 0 Å². The van der Waals surface area contributed by atoms with E-state index < -0.39 is 0 Å². The number of benzene rings is 1. The highest BCUT2D eigenvalue weighted by atomic mass is 16.5. The van der Waals surface area contributed by atoms with Crippen LogP contribution < -0.4 is 4.74 Å². The summed E-state index contributed by atoms with van der Waals surface area (Å²) in [5.74, 6) is 0.816. The van der Waals surface area contributed by atoms with Crippen LogP contribution in [0.15, 0.2) is 29.8 Å². The van der Waals surface area contributed by atoms with Gasteiger partial charge in [0.1, 0.15) is 23.5 Å². The van der Waals surface area contributed by atoms with Gasteiger partial charge in [-0.25, -0.2) is 0 Å². The zero-order valence-corrected chi connectivity index (χ0v) is 13.5. The zero-order valence-electron chi connectivity index (χ0n) is 13.5. The molecular formula is C18H22N4O. The SMILES string of the molecule is CN1CCN(CCCOc2ccc(C=C(C#N)C#N)cc2)CC1. The minimum absolute atomic E-state index is 0.103. The molecule has 1 aliphatic rings. The van der Waals surface area contributed by atoms with Crippen molar-refractivity contribution in [3.05, 3.63) is 35.4 Å². The number of nitrogens with zero attached hydrogens (tertiary/aromatic N) is 4. The van der Waals surface area contributed by atoms with Crippen molar-refractivity contribution in [2.24, 2.45) is 0 Å². The Balaban J connectivity index is 1.71. The van der Waals surface area contributed by atoms with Gasteiger partial charge in [0.2, 0.25) is 0 Å². The van der Waals surface area contributed by atoms with Crippen LogP contribution in [0.2, 0.25) is 0 Å². The minimum Gasteiger partial charge on any atom is -0.494 e. The summed E-state index contributed by atoms with van der Waals surface area (Å²) in [6, 6.07) is 11.1. The second-order valence-corrected chi connectivity index (χ2v) is 5.70. The lowest BCUT2D eigenvalue weighted by Gasteiger charge is -2.32. The number of allylic oxidation sites excluding steroid dienone is 1. The molecule has 0 amide bonds. The van der Waals surface area contributed by atoms with Crippen molar-refractivity contribution >= 4 is 6.08 Å². The molecule has 1 heterocycles. The number of ether oxygens (including phenoxy) is 1. The van der Waals surface area contributed by atoms with Crippen LogP contribution in [0.5, 0.6) is 5.75 Å². The van der Waals surface area contributed by atoms with E-state index in [0.29, 0.717) is 6.61 Å². The van der Waals surface area contributed by atoms with Gasteiger partial charge in [-0.1, -0.05) is 12.1 Å². The topological polar surface area (TPSA) is 63.3 Å². The molecule has 0 aromatic heterocycles. The molecular weight excluding hydrogens is 288 g/mol. The molecule has 1 aromatic carbocycles. The Morgan fingerprint density at radius 3 is 2.39 bits per heavy atom. The van der Waals surface area contributed by atoms with Crippen molar-refractivity contribution in [2.75, 3.05) is 46.4 Å². The van der Waals surface area contributed by atoms with Crippen molar-refractivity contribution < 1.29 is 4.74 Å². The third-order valence-electron chi connectivity index (χ3n) is 3.92. The van der Waals surface area contributed by atoms with Crippen molar-refractivity contribution in [1.82, 2.24) is 9.80 Å². The normalized spacial score (nSPS) is 15.4. The van der Waals surface area contributed by atoms with E-state index in [1.165, 1.54) is 0 Å². The van der Waals surface area contributed by atoms with Crippen molar-refractivity contribution in [3.8, 4) is 17.9 Å². The summed E-state index contributed by atoms with van der Waals surface area (Å²) < 4.78 is 5.74. The number of hydrogen-bond acceptors (Lipinski definition) is 5. The van der Waals surface area contributed by atoms with Crippen LogP contribution >= 0.6 is 0 Å². The lowest BCUT2D eigenvalue weighted by molar-refractivity contribution is 0.145. The highest BCUT2D eigenvalue weighted by Crippen LogP contribution is 2.14. The molecule has 5 heteroatoms. The molecule has 0 saturated carbocycles. The third-order valence-corrected chi connectivity index (χ3v) is 3.92. The van der Waals surface area contributed by atoms with E-state index in [4.69, 9.17) is 15.3 Å². The molecule has 0 bridgehead atoms. The molecule has 0 radical (unpaired) electrons. The quantitative estimate of drug-likeness (QED) is 0.595. The largest absolute Gasteiger partial charge is 0.494 e. The Bertz CT molecular complexity index is 585. The Kier molecular flexibility index (Phi) is 6.62. The Hall–Kier alpha value is -2.34. The van der Waals surface area contributed by atoms with E-state index in [9.17, 15) is 0 Å². The van der Waals surface area contributed by atoms with E-state index in [0.717, 1.165) is 50.5 Å². The molecule has 1 aliphatic heterocycles. The van der Waals surface area contributed by atoms with E-state index in [2.05, 4.69) is 16.8 Å². The van der Waals surface area contributed by atoms with Crippen LogP contribution in [0.1, 0.15) is 12.0 Å². The summed E-state index contributed by atoms with van der Waals surface area (Å²) in [7, 11) is 2.16. The van der Waals surface area contributed by atoms with Gasteiger partial charge in [-0.05, 0) is 37.2 Å². The average Bonchev–Trinajstić information content (AvgIpc) is 2.59. The van der Waals surface area contributed by atoms with Crippen LogP contribution in [-0.4, -0.2) is 56.2 Å². The maximum absolute atomic E-state index is 8.74. The third kappa shape index (κ3) is 5.75. The highest BCUT2D eigenvalue weighted by molar-refractivity contribution is 5.62. The first-order chi connectivity index (χ1) is 11.2. The number of hydrogen-bond donors (Lipinski definition) is 0. The van der Waals surface area contributed by atoms with Gasteiger partial charge in [0, 0.05) is 32.7 Å². The minimum atomic E-state index is 0.103. The first-order valence-electron chi connectivity index (χ1n) is 7.87. The van der Waals surface area contributed by atoms with Crippen molar-refractivity contribution in [2.45, 2.75) is 6.42 Å². The molecule has 1 fully saturated rings. The Labute approximate surface area is 138 Å². The highest BCUT2D eigenvalue weighted by Gasteiger charge is 2.12. The fourth-order valence-corrected chi connectivity index (χ4v) is 2.47. The maximum Gasteiger partial charge on any atom is 0.130 e. The van der Waals surface area contributed by atoms with Crippen LogP contribution in [0.25, 0.3) is 6.08 Å². The molecule has 23 heavy (non-hydrogen) atoms. The standard InChI is InChI=1S/C18H22N4O/c1-21-8-10-22(11-9-21)7-2-12-23-18-5-3-16(4-6-18)13-17(14-19)15-20/h3-6,13H,2,7-12H2,1H3. The van der Waals surface area contributed by atoms with E-state index in [1.807, 2.05) is 36.4 Å². The summed E-state index contributed by atoms with van der Waals surface area (Å²) >= 11 is 0. The average molecular weight is 310 g/mol. The van der Waals surface area contributed by atoms with Gasteiger partial charge < -0.3 is 14.5 Å². The maximum atomic E-state index is 8.74. The van der Waals surface area contributed by atoms with Gasteiger partial charge in [-0.2, -0.15) is 10.5 Å². The molecule has 2 rings (SSSR count). The first-order valence-corrected chi connectivity index (χ1v) is 7.87. The van der Waals surface area contributed by atoms with Crippen LogP contribution in [0, 0.1) is 22.7 Å². The molecule has 5 nitrogen and oxygen atoms in total. The predicted molar refractivity (Wildman–Crippen MR) is 89.7 cm³/mol. The monoisotopic (exact) mass is 310 g/mol. The van der Waals surface area contributed by atoms with Gasteiger partial charge >= 0.3 is 0 Å². The number of nitriles is 2. The van der Waals surface area contributed by atoms with Gasteiger partial charge in [0.15, 0.2) is 0 Å². The van der Waals surface area contributed by atoms with E-state index >= 15 is 0 Å². The molecule has 0 aliphatic carbocycles. The summed E-state index contributed by atoms with van der Waals surface area (Å²) in [5.41, 5.74) is 0.929. The van der Waals surface area contributed by atoms with Gasteiger partial charge in [0.05, 0.1) is 6.61 Å². The first kappa shape index (κ1) is 17.0. The summed E-state index contributed by atoms with van der Waals surface area (Å²) in [6.07, 6.45) is 2.58. The summed E-state index contributed by atoms with van der Waals surface area (Å²) in [6.45, 7) is 6.33. The molecule has 1 saturated heterocycles. The second-order valence-electron chi connectivity index (χ2n) is 5.70. The fourth-order valence-electron chi connectivity index (χ4n) is 2.47. The van der Waals surface area contributed by atoms with Crippen molar-refractivity contribution in [3.63, 3.8) is 0 Å². The van der Waals surface area contributed by atoms with E-state index in [1.54, 1.807) is 6.08 Å². The van der Waals surface area contributed by atoms with Gasteiger partial charge in [-0.15, -0.1) is 0 Å². The number of rotatable bonds is 6. The molecule has 0 atom stereocenters. The summed E-state index contributed by atoms with van der Waals surface area (Å²) in [4.78, 5) is 4.83. The molecule has 0 spiro atoms. The lowest BCUT2D eigenvalue weighted by Crippen LogP contribution is -2.44.